The molecule has 0 aliphatic heterocycles. The molecule has 7 heteroatoms. The fraction of sp³-hybridized carbons (Fsp3) is 0.281. The van der Waals surface area contributed by atoms with E-state index in [0.29, 0.717) is 41.4 Å². The second-order valence-electron chi connectivity index (χ2n) is 10.8. The van der Waals surface area contributed by atoms with Crippen molar-refractivity contribution in [3.8, 4) is 0 Å². The summed E-state index contributed by atoms with van der Waals surface area (Å²) < 4.78 is 5.29. The van der Waals surface area contributed by atoms with Gasteiger partial charge in [0.2, 0.25) is 0 Å². The Kier molecular flexibility index (Phi) is 8.31. The largest absolute Gasteiger partial charge is 0.361 e. The van der Waals surface area contributed by atoms with Crippen LogP contribution in [0.5, 0.6) is 0 Å². The highest BCUT2D eigenvalue weighted by atomic mass is 16.5. The third kappa shape index (κ3) is 6.62. The van der Waals surface area contributed by atoms with Crippen LogP contribution in [0.4, 0.5) is 5.69 Å². The first kappa shape index (κ1) is 27.8. The van der Waals surface area contributed by atoms with E-state index in [1.54, 1.807) is 18.7 Å². The molecule has 0 spiro atoms. The Morgan fingerprint density at radius 2 is 1.62 bits per heavy atom. The number of anilines is 1. The lowest BCUT2D eigenvalue weighted by Crippen LogP contribution is -2.31. The fourth-order valence-corrected chi connectivity index (χ4v) is 4.52. The van der Waals surface area contributed by atoms with E-state index in [1.165, 1.54) is 0 Å². The molecular formula is C32H36N4O3. The monoisotopic (exact) mass is 524 g/mol. The number of nitrogens with one attached hydrogen (secondary N) is 1. The topological polar surface area (TPSA) is 101 Å². The average molecular weight is 525 g/mol. The van der Waals surface area contributed by atoms with Gasteiger partial charge in [-0.05, 0) is 59.7 Å². The first-order valence-corrected chi connectivity index (χ1v) is 13.1. The molecule has 0 radical (unpaired) electrons. The summed E-state index contributed by atoms with van der Waals surface area (Å²) in [6.45, 7) is 11.0. The van der Waals surface area contributed by atoms with Crippen molar-refractivity contribution in [1.82, 2.24) is 10.1 Å². The Bertz CT molecular complexity index is 1450. The number of para-hydroxylation sites is 1. The molecule has 0 saturated heterocycles. The van der Waals surface area contributed by atoms with Crippen LogP contribution in [0.1, 0.15) is 75.2 Å². The number of nitrogens with two attached hydrogens (primary N) is 1. The summed E-state index contributed by atoms with van der Waals surface area (Å²) in [7, 11) is 0. The number of carbonyl (C=O) groups excluding carboxylic acids is 2. The van der Waals surface area contributed by atoms with Gasteiger partial charge >= 0.3 is 0 Å². The molecule has 2 amide bonds. The standard InChI is InChI=1S/C32H36N4O3/c1-21-29(22(2)39-35-21)31(38)36(19-24-10-8-9-23(17-24)18-33)20-26-11-6-7-12-28(26)34-30(37)25-13-15-27(16-14-25)32(3,4)5/h6-17H,18-20,33H2,1-5H3,(H,34,37). The lowest BCUT2D eigenvalue weighted by molar-refractivity contribution is 0.0728. The number of nitrogens with zero attached hydrogens (tertiary/aromatic N) is 2. The van der Waals surface area contributed by atoms with E-state index in [-0.39, 0.29) is 23.8 Å². The number of hydrogen-bond acceptors (Lipinski definition) is 5. The first-order chi connectivity index (χ1) is 18.6. The van der Waals surface area contributed by atoms with Crippen LogP contribution in [-0.4, -0.2) is 21.9 Å². The van der Waals surface area contributed by atoms with Crippen molar-refractivity contribution in [3.63, 3.8) is 0 Å². The molecule has 3 aromatic carbocycles. The van der Waals surface area contributed by atoms with Gasteiger partial charge in [-0.15, -0.1) is 0 Å². The molecule has 0 aliphatic carbocycles. The summed E-state index contributed by atoms with van der Waals surface area (Å²) in [5, 5.41) is 7.02. The second-order valence-corrected chi connectivity index (χ2v) is 10.8. The van der Waals surface area contributed by atoms with Gasteiger partial charge in [-0.25, -0.2) is 0 Å². The van der Waals surface area contributed by atoms with Crippen molar-refractivity contribution in [2.24, 2.45) is 5.73 Å². The van der Waals surface area contributed by atoms with Crippen LogP contribution in [0.15, 0.2) is 77.3 Å². The normalized spacial score (nSPS) is 11.3. The van der Waals surface area contributed by atoms with Crippen LogP contribution in [0, 0.1) is 13.8 Å². The van der Waals surface area contributed by atoms with Gasteiger partial charge in [-0.3, -0.25) is 9.59 Å². The molecule has 0 saturated carbocycles. The highest BCUT2D eigenvalue weighted by Crippen LogP contribution is 2.25. The van der Waals surface area contributed by atoms with Crippen LogP contribution >= 0.6 is 0 Å². The highest BCUT2D eigenvalue weighted by Gasteiger charge is 2.25. The SMILES string of the molecule is Cc1noc(C)c1C(=O)N(Cc1cccc(CN)c1)Cc1ccccc1NC(=O)c1ccc(C(C)(C)C)cc1. The summed E-state index contributed by atoms with van der Waals surface area (Å²) in [5.74, 6) is 0.0731. The second kappa shape index (κ2) is 11.7. The maximum atomic E-state index is 13.8. The average Bonchev–Trinajstić information content (AvgIpc) is 3.26. The van der Waals surface area contributed by atoms with Gasteiger partial charge in [-0.2, -0.15) is 0 Å². The fourth-order valence-electron chi connectivity index (χ4n) is 4.52. The van der Waals surface area contributed by atoms with E-state index < -0.39 is 0 Å². The summed E-state index contributed by atoms with van der Waals surface area (Å²) in [6, 6.07) is 23.1. The van der Waals surface area contributed by atoms with Crippen LogP contribution < -0.4 is 11.1 Å². The molecule has 3 N–H and O–H groups in total. The number of aromatic nitrogens is 1. The van der Waals surface area contributed by atoms with Gasteiger partial charge in [-0.1, -0.05) is 80.5 Å². The Morgan fingerprint density at radius 3 is 2.26 bits per heavy atom. The first-order valence-electron chi connectivity index (χ1n) is 13.1. The van der Waals surface area contributed by atoms with Gasteiger partial charge in [0.25, 0.3) is 11.8 Å². The third-order valence-electron chi connectivity index (χ3n) is 6.77. The van der Waals surface area contributed by atoms with Crippen molar-refractivity contribution >= 4 is 17.5 Å². The summed E-state index contributed by atoms with van der Waals surface area (Å²) in [6.07, 6.45) is 0. The molecular weight excluding hydrogens is 488 g/mol. The summed E-state index contributed by atoms with van der Waals surface area (Å²) in [5.41, 5.74) is 12.0. The lowest BCUT2D eigenvalue weighted by atomic mass is 9.86. The minimum atomic E-state index is -0.206. The summed E-state index contributed by atoms with van der Waals surface area (Å²) >= 11 is 0. The molecule has 7 nitrogen and oxygen atoms in total. The minimum absolute atomic E-state index is 0.00247. The van der Waals surface area contributed by atoms with E-state index in [0.717, 1.165) is 22.3 Å². The van der Waals surface area contributed by atoms with Crippen LogP contribution in [0.3, 0.4) is 0 Å². The lowest BCUT2D eigenvalue weighted by Gasteiger charge is -2.25. The van der Waals surface area contributed by atoms with E-state index in [9.17, 15) is 9.59 Å². The van der Waals surface area contributed by atoms with Crippen molar-refractivity contribution in [2.45, 2.75) is 59.7 Å². The predicted molar refractivity (Wildman–Crippen MR) is 153 cm³/mol. The number of hydrogen-bond donors (Lipinski definition) is 2. The molecule has 0 unspecified atom stereocenters. The molecule has 1 aromatic heterocycles. The molecule has 202 valence electrons. The smallest absolute Gasteiger partial charge is 0.259 e. The number of amides is 2. The van der Waals surface area contributed by atoms with Crippen LogP contribution in [-0.2, 0) is 25.0 Å². The number of aryl methyl sites for hydroxylation is 2. The maximum Gasteiger partial charge on any atom is 0.259 e. The molecule has 0 atom stereocenters. The van der Waals surface area contributed by atoms with Crippen molar-refractivity contribution in [3.05, 3.63) is 118 Å². The maximum absolute atomic E-state index is 13.8. The van der Waals surface area contributed by atoms with Crippen LogP contribution in [0.25, 0.3) is 0 Å². The van der Waals surface area contributed by atoms with Crippen molar-refractivity contribution < 1.29 is 14.1 Å². The zero-order valence-electron chi connectivity index (χ0n) is 23.2. The van der Waals surface area contributed by atoms with E-state index in [1.807, 2.05) is 72.8 Å². The Labute approximate surface area is 230 Å². The van der Waals surface area contributed by atoms with Gasteiger partial charge < -0.3 is 20.5 Å². The molecule has 4 aromatic rings. The van der Waals surface area contributed by atoms with E-state index >= 15 is 0 Å². The van der Waals surface area contributed by atoms with Crippen LogP contribution in [0.2, 0.25) is 0 Å². The molecule has 1 heterocycles. The molecule has 4 rings (SSSR count). The van der Waals surface area contributed by atoms with E-state index in [2.05, 4.69) is 31.2 Å². The Balaban J connectivity index is 1.62. The number of carbonyl (C=O) groups is 2. The number of rotatable bonds is 8. The van der Waals surface area contributed by atoms with Crippen molar-refractivity contribution in [2.75, 3.05) is 5.32 Å². The van der Waals surface area contributed by atoms with Gasteiger partial charge in [0.15, 0.2) is 0 Å². The molecule has 0 fully saturated rings. The molecule has 0 bridgehead atoms. The number of benzene rings is 3. The molecule has 39 heavy (non-hydrogen) atoms. The predicted octanol–water partition coefficient (Wildman–Crippen LogP) is 6.14. The minimum Gasteiger partial charge on any atom is -0.361 e. The quantitative estimate of drug-likeness (QED) is 0.288. The zero-order valence-corrected chi connectivity index (χ0v) is 23.2. The van der Waals surface area contributed by atoms with Gasteiger partial charge in [0.05, 0.1) is 5.69 Å². The van der Waals surface area contributed by atoms with E-state index in [4.69, 9.17) is 10.3 Å². The van der Waals surface area contributed by atoms with Gasteiger partial charge in [0.1, 0.15) is 11.3 Å². The zero-order chi connectivity index (χ0) is 28.2. The molecule has 0 aliphatic rings. The third-order valence-corrected chi connectivity index (χ3v) is 6.77. The van der Waals surface area contributed by atoms with Gasteiger partial charge in [0, 0.05) is 30.9 Å². The Hall–Kier alpha value is -4.23. The summed E-state index contributed by atoms with van der Waals surface area (Å²) in [4.78, 5) is 28.7. The van der Waals surface area contributed by atoms with Crippen molar-refractivity contribution in [1.29, 1.82) is 0 Å². The Morgan fingerprint density at radius 1 is 0.923 bits per heavy atom. The highest BCUT2D eigenvalue weighted by molar-refractivity contribution is 6.04.